The van der Waals surface area contributed by atoms with Crippen LogP contribution in [0.2, 0.25) is 5.28 Å². The van der Waals surface area contributed by atoms with E-state index in [-0.39, 0.29) is 16.5 Å². The molecule has 0 saturated heterocycles. The van der Waals surface area contributed by atoms with Crippen molar-refractivity contribution in [2.24, 2.45) is 5.41 Å². The van der Waals surface area contributed by atoms with Crippen LogP contribution in [0.3, 0.4) is 0 Å². The van der Waals surface area contributed by atoms with E-state index in [4.69, 9.17) is 16.5 Å². The predicted octanol–water partition coefficient (Wildman–Crippen LogP) is 3.28. The summed E-state index contributed by atoms with van der Waals surface area (Å²) in [5.74, 6) is -0.700. The third kappa shape index (κ3) is 5.36. The molecule has 1 aromatic heterocycles. The van der Waals surface area contributed by atoms with Crippen LogP contribution in [0.4, 0.5) is 10.2 Å². The van der Waals surface area contributed by atoms with Gasteiger partial charge in [-0.1, -0.05) is 20.8 Å². The second kappa shape index (κ2) is 6.92. The van der Waals surface area contributed by atoms with Crippen molar-refractivity contribution >= 4 is 25.7 Å². The maximum Gasteiger partial charge on any atom is 0.746 e. The zero-order chi connectivity index (χ0) is 15.3. The Kier molecular flexibility index (Phi) is 5.80. The van der Waals surface area contributed by atoms with E-state index in [2.05, 4.69) is 19.8 Å². The number of hydrogen-bond donors (Lipinski definition) is 2. The van der Waals surface area contributed by atoms with Gasteiger partial charge < -0.3 is 5.32 Å². The zero-order valence-corrected chi connectivity index (χ0v) is 12.8. The first kappa shape index (κ1) is 16.8. The van der Waals surface area contributed by atoms with Crippen molar-refractivity contribution < 1.29 is 18.4 Å². The van der Waals surface area contributed by atoms with E-state index < -0.39 is 20.1 Å². The molecule has 20 heavy (non-hydrogen) atoms. The van der Waals surface area contributed by atoms with Gasteiger partial charge in [-0.05, 0) is 23.1 Å². The van der Waals surface area contributed by atoms with E-state index in [1.165, 1.54) is 6.08 Å². The molecule has 110 valence electrons. The molecule has 1 aromatic rings. The molecular formula is C11H15ClFN3O3P+. The van der Waals surface area contributed by atoms with Crippen molar-refractivity contribution in [3.8, 4) is 0 Å². The lowest BCUT2D eigenvalue weighted by atomic mass is 9.87. The minimum Gasteiger partial charge on any atom is -0.361 e. The van der Waals surface area contributed by atoms with Gasteiger partial charge in [0, 0.05) is 4.57 Å². The van der Waals surface area contributed by atoms with Crippen LogP contribution < -0.4 is 5.32 Å². The van der Waals surface area contributed by atoms with Gasteiger partial charge in [-0.3, -0.25) is 0 Å². The van der Waals surface area contributed by atoms with Crippen LogP contribution in [-0.4, -0.2) is 20.9 Å². The molecule has 2 atom stereocenters. The fourth-order valence-corrected chi connectivity index (χ4v) is 1.62. The fourth-order valence-electron chi connectivity index (χ4n) is 1.31. The van der Waals surface area contributed by atoms with Crippen molar-refractivity contribution in [2.75, 3.05) is 5.32 Å². The van der Waals surface area contributed by atoms with Gasteiger partial charge in [-0.25, -0.2) is 13.9 Å². The minimum absolute atomic E-state index is 0.0528. The average molecular weight is 323 g/mol. The van der Waals surface area contributed by atoms with Crippen LogP contribution >= 0.6 is 19.9 Å². The molecular weight excluding hydrogens is 308 g/mol. The quantitative estimate of drug-likeness (QED) is 0.491. The Morgan fingerprint density at radius 2 is 2.25 bits per heavy atom. The zero-order valence-electron chi connectivity index (χ0n) is 11.2. The van der Waals surface area contributed by atoms with Crippen molar-refractivity contribution in [2.45, 2.75) is 26.8 Å². The standard InChI is InChI=1S/C11H14ClFN3O3P/c1-11(2,3)8(4-5-19-20(17)18)15-9-7(13)6-14-10(12)16-9/h4-6,8H,1-3H3,(H-,14,15,16,17,18)/p+1. The summed E-state index contributed by atoms with van der Waals surface area (Å²) in [5.41, 5.74) is -0.329. The normalized spacial score (nSPS) is 14.2. The maximum absolute atomic E-state index is 13.6. The Hall–Kier alpha value is -1.30. The van der Waals surface area contributed by atoms with Crippen LogP contribution in [-0.2, 0) is 9.09 Å². The summed E-state index contributed by atoms with van der Waals surface area (Å²) in [5, 5.41) is 2.76. The molecule has 6 nitrogen and oxygen atoms in total. The SMILES string of the molecule is CC(C)(C)C(C=CO[P+](=O)O)Nc1nc(Cl)ncc1F. The Morgan fingerprint density at radius 1 is 1.60 bits per heavy atom. The summed E-state index contributed by atoms with van der Waals surface area (Å²) < 4.78 is 28.5. The Bertz CT molecular complexity index is 522. The van der Waals surface area contributed by atoms with Crippen LogP contribution in [0, 0.1) is 11.2 Å². The first-order valence-electron chi connectivity index (χ1n) is 5.64. The van der Waals surface area contributed by atoms with Crippen molar-refractivity contribution in [3.63, 3.8) is 0 Å². The fraction of sp³-hybridized carbons (Fsp3) is 0.455. The summed E-state index contributed by atoms with van der Waals surface area (Å²) in [6.45, 7) is 5.69. The monoisotopic (exact) mass is 322 g/mol. The van der Waals surface area contributed by atoms with Crippen LogP contribution in [0.25, 0.3) is 0 Å². The molecule has 0 saturated carbocycles. The van der Waals surface area contributed by atoms with Gasteiger partial charge >= 0.3 is 8.25 Å². The van der Waals surface area contributed by atoms with Gasteiger partial charge in [0.25, 0.3) is 0 Å². The highest BCUT2D eigenvalue weighted by Crippen LogP contribution is 2.26. The lowest BCUT2D eigenvalue weighted by molar-refractivity contribution is 0.359. The largest absolute Gasteiger partial charge is 0.746 e. The predicted molar refractivity (Wildman–Crippen MR) is 73.9 cm³/mol. The van der Waals surface area contributed by atoms with Gasteiger partial charge in [0.15, 0.2) is 17.9 Å². The Labute approximate surface area is 122 Å². The molecule has 0 aliphatic carbocycles. The summed E-state index contributed by atoms with van der Waals surface area (Å²) in [6, 6.07) is -0.405. The van der Waals surface area contributed by atoms with Crippen LogP contribution in [0.15, 0.2) is 18.5 Å². The van der Waals surface area contributed by atoms with Crippen molar-refractivity contribution in [1.82, 2.24) is 9.97 Å². The first-order chi connectivity index (χ1) is 9.20. The molecule has 1 rings (SSSR count). The van der Waals surface area contributed by atoms with Crippen molar-refractivity contribution in [1.29, 1.82) is 0 Å². The molecule has 0 bridgehead atoms. The minimum atomic E-state index is -2.72. The van der Waals surface area contributed by atoms with Gasteiger partial charge in [0.1, 0.15) is 0 Å². The van der Waals surface area contributed by atoms with E-state index in [1.54, 1.807) is 0 Å². The number of nitrogens with one attached hydrogen (secondary N) is 1. The van der Waals surface area contributed by atoms with Gasteiger partial charge in [-0.2, -0.15) is 4.98 Å². The number of hydrogen-bond acceptors (Lipinski definition) is 5. The molecule has 2 N–H and O–H groups in total. The van der Waals surface area contributed by atoms with Gasteiger partial charge in [0.05, 0.1) is 12.2 Å². The van der Waals surface area contributed by atoms with Gasteiger partial charge in [-0.15, -0.1) is 4.89 Å². The Morgan fingerprint density at radius 3 is 2.80 bits per heavy atom. The number of nitrogens with zero attached hydrogens (tertiary/aromatic N) is 2. The van der Waals surface area contributed by atoms with E-state index >= 15 is 0 Å². The number of halogens is 2. The van der Waals surface area contributed by atoms with Gasteiger partial charge in [0.2, 0.25) is 5.28 Å². The van der Waals surface area contributed by atoms with E-state index in [9.17, 15) is 8.96 Å². The van der Waals surface area contributed by atoms with Crippen LogP contribution in [0.1, 0.15) is 20.8 Å². The second-order valence-electron chi connectivity index (χ2n) is 5.00. The summed E-state index contributed by atoms with van der Waals surface area (Å²) in [6.07, 6.45) is 3.55. The van der Waals surface area contributed by atoms with Crippen LogP contribution in [0.5, 0.6) is 0 Å². The molecule has 9 heteroatoms. The number of rotatable bonds is 5. The molecule has 0 aromatic carbocycles. The highest BCUT2D eigenvalue weighted by atomic mass is 35.5. The van der Waals surface area contributed by atoms with Crippen molar-refractivity contribution in [3.05, 3.63) is 29.6 Å². The molecule has 1 heterocycles. The highest BCUT2D eigenvalue weighted by molar-refractivity contribution is 7.32. The smallest absolute Gasteiger partial charge is 0.361 e. The summed E-state index contributed by atoms with van der Waals surface area (Å²) >= 11 is 5.62. The second-order valence-corrected chi connectivity index (χ2v) is 6.02. The molecule has 0 aliphatic rings. The Balaban J connectivity index is 2.93. The average Bonchev–Trinajstić information content (AvgIpc) is 2.30. The van der Waals surface area contributed by atoms with E-state index in [0.29, 0.717) is 0 Å². The summed E-state index contributed by atoms with van der Waals surface area (Å²) in [7, 11) is -2.72. The topological polar surface area (TPSA) is 84.3 Å². The molecule has 0 radical (unpaired) electrons. The maximum atomic E-state index is 13.6. The lowest BCUT2D eigenvalue weighted by Gasteiger charge is -2.29. The first-order valence-corrected chi connectivity index (χ1v) is 7.15. The third-order valence-electron chi connectivity index (χ3n) is 2.36. The number of anilines is 1. The molecule has 0 amide bonds. The summed E-state index contributed by atoms with van der Waals surface area (Å²) in [4.78, 5) is 15.8. The number of aromatic nitrogens is 2. The highest BCUT2D eigenvalue weighted by Gasteiger charge is 2.24. The molecule has 2 unspecified atom stereocenters. The van der Waals surface area contributed by atoms with E-state index in [1.807, 2.05) is 20.8 Å². The lowest BCUT2D eigenvalue weighted by Crippen LogP contribution is -2.33. The molecule has 0 fully saturated rings. The van der Waals surface area contributed by atoms with E-state index in [0.717, 1.165) is 12.5 Å². The third-order valence-corrected chi connectivity index (χ3v) is 2.85. The molecule has 0 aliphatic heterocycles. The molecule has 0 spiro atoms.